The van der Waals surface area contributed by atoms with E-state index in [1.807, 2.05) is 0 Å². The van der Waals surface area contributed by atoms with Crippen LogP contribution in [0.4, 0.5) is 0 Å². The van der Waals surface area contributed by atoms with E-state index >= 15 is 0 Å². The fraction of sp³-hybridized carbons (Fsp3) is 0.133. The predicted molar refractivity (Wildman–Crippen MR) is 77.2 cm³/mol. The number of rotatable bonds is 1. The van der Waals surface area contributed by atoms with Crippen molar-refractivity contribution in [2.75, 3.05) is 0 Å². The minimum atomic E-state index is 0. The molecular weight excluding hydrogens is 324 g/mol. The molecule has 3 rings (SSSR count). The number of fused-ring (bicyclic) bond motifs is 1. The summed E-state index contributed by atoms with van der Waals surface area (Å²) in [5.74, 6) is 1.21. The van der Waals surface area contributed by atoms with Gasteiger partial charge in [-0.3, -0.25) is 0 Å². The zero-order valence-corrected chi connectivity index (χ0v) is 13.1. The summed E-state index contributed by atoms with van der Waals surface area (Å²) in [4.78, 5) is 0. The van der Waals surface area contributed by atoms with E-state index in [4.69, 9.17) is 0 Å². The van der Waals surface area contributed by atoms with Gasteiger partial charge in [0.15, 0.2) is 11.0 Å². The Bertz CT molecular complexity index is 678. The monoisotopic (exact) mass is 336 g/mol. The van der Waals surface area contributed by atoms with Crippen molar-refractivity contribution in [2.24, 2.45) is 14.1 Å². The average Bonchev–Trinajstić information content (AvgIpc) is 2.64. The molecule has 1 aromatic heterocycles. The smallest absolute Gasteiger partial charge is 0.289 e. The summed E-state index contributed by atoms with van der Waals surface area (Å²) in [6.07, 6.45) is 0. The molecule has 1 heterocycles. The van der Waals surface area contributed by atoms with Gasteiger partial charge >= 0.3 is 0 Å². The average molecular weight is 338 g/mol. The number of hydrogen-bond acceptors (Lipinski definition) is 0. The van der Waals surface area contributed by atoms with Crippen LogP contribution < -0.4 is 17.0 Å². The molecule has 3 aromatic rings. The van der Waals surface area contributed by atoms with Crippen LogP contribution in [0.1, 0.15) is 0 Å². The Morgan fingerprint density at radius 2 is 1.63 bits per heavy atom. The lowest BCUT2D eigenvalue weighted by Crippen LogP contribution is -3.00. The quantitative estimate of drug-likeness (QED) is 0.570. The van der Waals surface area contributed by atoms with Crippen LogP contribution in [-0.2, 0) is 14.1 Å². The third-order valence-electron chi connectivity index (χ3n) is 3.34. The first kappa shape index (κ1) is 14.1. The van der Waals surface area contributed by atoms with E-state index < -0.39 is 0 Å². The van der Waals surface area contributed by atoms with Gasteiger partial charge in [-0.25, -0.2) is 9.13 Å². The van der Waals surface area contributed by atoms with Crippen LogP contribution in [-0.4, -0.2) is 4.57 Å². The van der Waals surface area contributed by atoms with E-state index in [9.17, 15) is 0 Å². The SMILES string of the molecule is Cn1c(-c2ccc(Br)cc2)[n+](C)c2ccccc21.[Cl-]. The van der Waals surface area contributed by atoms with Crippen molar-refractivity contribution in [2.45, 2.75) is 0 Å². The summed E-state index contributed by atoms with van der Waals surface area (Å²) < 4.78 is 5.57. The lowest BCUT2D eigenvalue weighted by atomic mass is 10.2. The van der Waals surface area contributed by atoms with Gasteiger partial charge in [0.1, 0.15) is 0 Å². The largest absolute Gasteiger partial charge is 1.00 e. The molecule has 0 fully saturated rings. The molecule has 0 unspecified atom stereocenters. The highest BCUT2D eigenvalue weighted by molar-refractivity contribution is 9.10. The highest BCUT2D eigenvalue weighted by Crippen LogP contribution is 2.23. The predicted octanol–water partition coefficient (Wildman–Crippen LogP) is 0.436. The van der Waals surface area contributed by atoms with E-state index in [0.29, 0.717) is 0 Å². The number of hydrogen-bond donors (Lipinski definition) is 0. The van der Waals surface area contributed by atoms with Gasteiger partial charge in [0, 0.05) is 4.47 Å². The minimum absolute atomic E-state index is 0. The first-order valence-corrected chi connectivity index (χ1v) is 6.67. The first-order valence-electron chi connectivity index (χ1n) is 5.88. The third kappa shape index (κ3) is 2.28. The summed E-state index contributed by atoms with van der Waals surface area (Å²) in [7, 11) is 4.22. The van der Waals surface area contributed by atoms with Crippen molar-refractivity contribution in [3.05, 3.63) is 53.0 Å². The lowest BCUT2D eigenvalue weighted by molar-refractivity contribution is -0.634. The Morgan fingerprint density at radius 3 is 2.26 bits per heavy atom. The lowest BCUT2D eigenvalue weighted by Gasteiger charge is -1.99. The number of para-hydroxylation sites is 2. The van der Waals surface area contributed by atoms with Gasteiger partial charge in [-0.2, -0.15) is 0 Å². The molecule has 0 aliphatic heterocycles. The molecule has 2 aromatic carbocycles. The Hall–Kier alpha value is -1.32. The minimum Gasteiger partial charge on any atom is -1.00 e. The number of benzene rings is 2. The van der Waals surface area contributed by atoms with Crippen LogP contribution in [0, 0.1) is 0 Å². The molecule has 0 aliphatic rings. The van der Waals surface area contributed by atoms with Gasteiger partial charge in [0.05, 0.1) is 19.7 Å². The molecule has 0 saturated heterocycles. The number of nitrogens with zero attached hydrogens (tertiary/aromatic N) is 2. The second-order valence-electron chi connectivity index (χ2n) is 4.44. The standard InChI is InChI=1S/C15H14BrN2.ClH/c1-17-13-5-3-4-6-14(13)18(2)15(17)11-7-9-12(16)10-8-11;/h3-10H,1-2H3;1H/q+1;/p-1. The fourth-order valence-electron chi connectivity index (χ4n) is 2.47. The first-order chi connectivity index (χ1) is 8.68. The zero-order chi connectivity index (χ0) is 12.7. The highest BCUT2D eigenvalue weighted by Gasteiger charge is 2.20. The zero-order valence-electron chi connectivity index (χ0n) is 10.8. The molecule has 0 spiro atoms. The number of aromatic nitrogens is 2. The highest BCUT2D eigenvalue weighted by atomic mass is 79.9. The molecule has 2 nitrogen and oxygen atoms in total. The third-order valence-corrected chi connectivity index (χ3v) is 3.87. The van der Waals surface area contributed by atoms with E-state index in [0.717, 1.165) is 4.47 Å². The number of aryl methyl sites for hydroxylation is 2. The second kappa shape index (κ2) is 5.35. The summed E-state index contributed by atoms with van der Waals surface area (Å²) in [6.45, 7) is 0. The van der Waals surface area contributed by atoms with Crippen LogP contribution in [0.15, 0.2) is 53.0 Å². The summed E-state index contributed by atoms with van der Waals surface area (Å²) in [5.41, 5.74) is 3.72. The van der Waals surface area contributed by atoms with Gasteiger partial charge in [0.2, 0.25) is 0 Å². The fourth-order valence-corrected chi connectivity index (χ4v) is 2.74. The van der Waals surface area contributed by atoms with Crippen molar-refractivity contribution in [1.29, 1.82) is 0 Å². The molecule has 0 atom stereocenters. The Kier molecular flexibility index (Phi) is 3.97. The summed E-state index contributed by atoms with van der Waals surface area (Å²) >= 11 is 3.48. The summed E-state index contributed by atoms with van der Waals surface area (Å²) in [6, 6.07) is 16.9. The van der Waals surface area contributed by atoms with Gasteiger partial charge in [-0.05, 0) is 36.4 Å². The maximum absolute atomic E-state index is 3.48. The molecule has 0 radical (unpaired) electrons. The Labute approximate surface area is 127 Å². The molecule has 19 heavy (non-hydrogen) atoms. The van der Waals surface area contributed by atoms with Gasteiger partial charge in [-0.1, -0.05) is 28.1 Å². The van der Waals surface area contributed by atoms with E-state index in [2.05, 4.69) is 87.7 Å². The van der Waals surface area contributed by atoms with Crippen molar-refractivity contribution < 1.29 is 17.0 Å². The van der Waals surface area contributed by atoms with Crippen molar-refractivity contribution in [1.82, 2.24) is 4.57 Å². The van der Waals surface area contributed by atoms with Crippen LogP contribution in [0.5, 0.6) is 0 Å². The molecule has 98 valence electrons. The topological polar surface area (TPSA) is 8.81 Å². The van der Waals surface area contributed by atoms with Gasteiger partial charge in [-0.15, -0.1) is 0 Å². The molecular formula is C15H14BrClN2. The van der Waals surface area contributed by atoms with Crippen LogP contribution in [0.25, 0.3) is 22.4 Å². The van der Waals surface area contributed by atoms with Gasteiger partial charge in [0.25, 0.3) is 5.82 Å². The van der Waals surface area contributed by atoms with Crippen LogP contribution in [0.2, 0.25) is 0 Å². The van der Waals surface area contributed by atoms with Crippen molar-refractivity contribution >= 4 is 27.0 Å². The summed E-state index contributed by atoms with van der Waals surface area (Å²) in [5, 5.41) is 0. The van der Waals surface area contributed by atoms with E-state index in [1.54, 1.807) is 0 Å². The van der Waals surface area contributed by atoms with Crippen molar-refractivity contribution in [3.63, 3.8) is 0 Å². The molecule has 0 aliphatic carbocycles. The molecule has 4 heteroatoms. The maximum Gasteiger partial charge on any atom is 0.289 e. The molecule has 0 amide bonds. The van der Waals surface area contributed by atoms with Crippen LogP contribution in [0.3, 0.4) is 0 Å². The van der Waals surface area contributed by atoms with Crippen LogP contribution >= 0.6 is 15.9 Å². The number of halogens is 2. The van der Waals surface area contributed by atoms with E-state index in [-0.39, 0.29) is 12.4 Å². The van der Waals surface area contributed by atoms with E-state index in [1.165, 1.54) is 22.4 Å². The maximum atomic E-state index is 3.48. The Balaban J connectivity index is 0.00000133. The second-order valence-corrected chi connectivity index (χ2v) is 5.35. The molecule has 0 saturated carbocycles. The van der Waals surface area contributed by atoms with Crippen molar-refractivity contribution in [3.8, 4) is 11.4 Å². The molecule has 0 bridgehead atoms. The number of imidazole rings is 1. The Morgan fingerprint density at radius 1 is 1.00 bits per heavy atom. The normalized spacial score (nSPS) is 10.5. The molecule has 0 N–H and O–H groups in total. The van der Waals surface area contributed by atoms with Gasteiger partial charge < -0.3 is 12.4 Å².